The summed E-state index contributed by atoms with van der Waals surface area (Å²) in [5.74, 6) is 0.521. The Balaban J connectivity index is 2.83. The van der Waals surface area contributed by atoms with Crippen molar-refractivity contribution in [3.63, 3.8) is 0 Å². The molecule has 17 heavy (non-hydrogen) atoms. The summed E-state index contributed by atoms with van der Waals surface area (Å²) in [4.78, 5) is 0. The number of nitrogens with two attached hydrogens (primary N) is 1. The lowest BCUT2D eigenvalue weighted by atomic mass is 9.78. The molecule has 2 atom stereocenters. The highest BCUT2D eigenvalue weighted by Gasteiger charge is 2.23. The summed E-state index contributed by atoms with van der Waals surface area (Å²) in [5.41, 5.74) is 7.41. The van der Waals surface area contributed by atoms with Crippen LogP contribution in [-0.4, -0.2) is 0 Å². The van der Waals surface area contributed by atoms with Gasteiger partial charge in [0.05, 0.1) is 0 Å². The van der Waals surface area contributed by atoms with Crippen LogP contribution in [0.3, 0.4) is 0 Å². The fraction of sp³-hybridized carbons (Fsp3) is 0.571. The molecular formula is C14H21Cl2N. The van der Waals surface area contributed by atoms with E-state index in [1.807, 2.05) is 6.07 Å². The summed E-state index contributed by atoms with van der Waals surface area (Å²) in [7, 11) is 0. The van der Waals surface area contributed by atoms with Gasteiger partial charge in [-0.3, -0.25) is 0 Å². The third-order valence-corrected chi connectivity index (χ3v) is 4.02. The van der Waals surface area contributed by atoms with Crippen molar-refractivity contribution in [2.45, 2.75) is 40.2 Å². The zero-order valence-corrected chi connectivity index (χ0v) is 12.4. The fourth-order valence-corrected chi connectivity index (χ4v) is 2.10. The largest absolute Gasteiger partial charge is 0.324 e. The van der Waals surface area contributed by atoms with Gasteiger partial charge in [-0.05, 0) is 41.5 Å². The molecule has 1 rings (SSSR count). The Kier molecular flexibility index (Phi) is 4.88. The van der Waals surface area contributed by atoms with Gasteiger partial charge in [-0.15, -0.1) is 0 Å². The molecule has 0 aliphatic heterocycles. The first-order valence-electron chi connectivity index (χ1n) is 5.92. The Morgan fingerprint density at radius 3 is 2.35 bits per heavy atom. The molecule has 1 nitrogen and oxygen atoms in total. The van der Waals surface area contributed by atoms with E-state index in [4.69, 9.17) is 28.9 Å². The average Bonchev–Trinajstić information content (AvgIpc) is 2.20. The molecule has 0 heterocycles. The number of rotatable bonds is 3. The topological polar surface area (TPSA) is 26.0 Å². The van der Waals surface area contributed by atoms with Gasteiger partial charge in [0.2, 0.25) is 0 Å². The van der Waals surface area contributed by atoms with E-state index in [-0.39, 0.29) is 11.5 Å². The first-order valence-corrected chi connectivity index (χ1v) is 6.68. The first-order chi connectivity index (χ1) is 7.71. The maximum atomic E-state index is 6.22. The third-order valence-electron chi connectivity index (χ3n) is 3.44. The Morgan fingerprint density at radius 2 is 1.82 bits per heavy atom. The standard InChI is InChI=1S/C14H21Cl2N/c1-9(14(2,3)4)7-13(17)11-8-10(15)5-6-12(11)16/h5-6,8-9,13H,7,17H2,1-4H3. The van der Waals surface area contributed by atoms with Crippen molar-refractivity contribution in [1.82, 2.24) is 0 Å². The minimum atomic E-state index is -0.0598. The SMILES string of the molecule is CC(CC(N)c1cc(Cl)ccc1Cl)C(C)(C)C. The molecule has 0 amide bonds. The van der Waals surface area contributed by atoms with Crippen LogP contribution in [0.15, 0.2) is 18.2 Å². The van der Waals surface area contributed by atoms with Gasteiger partial charge in [-0.25, -0.2) is 0 Å². The van der Waals surface area contributed by atoms with Crippen molar-refractivity contribution in [3.05, 3.63) is 33.8 Å². The van der Waals surface area contributed by atoms with Gasteiger partial charge < -0.3 is 5.73 Å². The van der Waals surface area contributed by atoms with Gasteiger partial charge in [0, 0.05) is 16.1 Å². The molecule has 1 aromatic carbocycles. The van der Waals surface area contributed by atoms with Crippen LogP contribution in [0.4, 0.5) is 0 Å². The quantitative estimate of drug-likeness (QED) is 0.818. The molecule has 0 aliphatic rings. The number of benzene rings is 1. The highest BCUT2D eigenvalue weighted by Crippen LogP contribution is 2.34. The lowest BCUT2D eigenvalue weighted by Crippen LogP contribution is -2.23. The molecule has 0 spiro atoms. The Hall–Kier alpha value is -0.240. The van der Waals surface area contributed by atoms with Crippen LogP contribution in [0.5, 0.6) is 0 Å². The van der Waals surface area contributed by atoms with Crippen molar-refractivity contribution in [2.75, 3.05) is 0 Å². The van der Waals surface area contributed by atoms with E-state index < -0.39 is 0 Å². The Labute approximate surface area is 114 Å². The molecular weight excluding hydrogens is 253 g/mol. The van der Waals surface area contributed by atoms with Crippen molar-refractivity contribution < 1.29 is 0 Å². The van der Waals surface area contributed by atoms with Crippen LogP contribution in [0.25, 0.3) is 0 Å². The van der Waals surface area contributed by atoms with Gasteiger partial charge in [0.1, 0.15) is 0 Å². The van der Waals surface area contributed by atoms with Crippen LogP contribution >= 0.6 is 23.2 Å². The molecule has 1 aromatic rings. The Bertz CT molecular complexity index is 382. The lowest BCUT2D eigenvalue weighted by Gasteiger charge is -2.29. The van der Waals surface area contributed by atoms with Crippen molar-refractivity contribution in [1.29, 1.82) is 0 Å². The smallest absolute Gasteiger partial charge is 0.0454 e. The second-order valence-electron chi connectivity index (χ2n) is 5.78. The van der Waals surface area contributed by atoms with Crippen LogP contribution in [0.2, 0.25) is 10.0 Å². The van der Waals surface area contributed by atoms with Crippen LogP contribution < -0.4 is 5.73 Å². The second kappa shape index (κ2) is 5.60. The van der Waals surface area contributed by atoms with E-state index in [2.05, 4.69) is 27.7 Å². The van der Waals surface area contributed by atoms with E-state index in [0.717, 1.165) is 12.0 Å². The van der Waals surface area contributed by atoms with E-state index >= 15 is 0 Å². The van der Waals surface area contributed by atoms with E-state index in [1.165, 1.54) is 0 Å². The number of hydrogen-bond acceptors (Lipinski definition) is 1. The fourth-order valence-electron chi connectivity index (χ4n) is 1.66. The average molecular weight is 274 g/mol. The summed E-state index contributed by atoms with van der Waals surface area (Å²) in [6.45, 7) is 8.90. The third kappa shape index (κ3) is 4.17. The maximum absolute atomic E-state index is 6.22. The van der Waals surface area contributed by atoms with E-state index in [9.17, 15) is 0 Å². The normalized spacial score (nSPS) is 15.7. The Morgan fingerprint density at radius 1 is 1.24 bits per heavy atom. The highest BCUT2D eigenvalue weighted by atomic mass is 35.5. The minimum absolute atomic E-state index is 0.0598. The molecule has 2 N–H and O–H groups in total. The summed E-state index contributed by atoms with van der Waals surface area (Å²) in [6, 6.07) is 5.40. The molecule has 2 unspecified atom stereocenters. The predicted molar refractivity (Wildman–Crippen MR) is 76.6 cm³/mol. The van der Waals surface area contributed by atoms with E-state index in [0.29, 0.717) is 16.0 Å². The van der Waals surface area contributed by atoms with Gasteiger partial charge in [-0.1, -0.05) is 50.9 Å². The van der Waals surface area contributed by atoms with Gasteiger partial charge in [0.15, 0.2) is 0 Å². The number of halogens is 2. The molecule has 0 saturated heterocycles. The monoisotopic (exact) mass is 273 g/mol. The molecule has 0 radical (unpaired) electrons. The summed E-state index contributed by atoms with van der Waals surface area (Å²) >= 11 is 12.1. The van der Waals surface area contributed by atoms with Gasteiger partial charge in [-0.2, -0.15) is 0 Å². The molecule has 0 bridgehead atoms. The van der Waals surface area contributed by atoms with E-state index in [1.54, 1.807) is 12.1 Å². The maximum Gasteiger partial charge on any atom is 0.0454 e. The summed E-state index contributed by atoms with van der Waals surface area (Å²) < 4.78 is 0. The van der Waals surface area contributed by atoms with Gasteiger partial charge >= 0.3 is 0 Å². The molecule has 3 heteroatoms. The first kappa shape index (κ1) is 14.8. The molecule has 0 aliphatic carbocycles. The van der Waals surface area contributed by atoms with Crippen molar-refractivity contribution in [2.24, 2.45) is 17.1 Å². The highest BCUT2D eigenvalue weighted by molar-refractivity contribution is 6.33. The minimum Gasteiger partial charge on any atom is -0.324 e. The molecule has 0 fully saturated rings. The summed E-state index contributed by atoms with van der Waals surface area (Å²) in [6.07, 6.45) is 0.906. The van der Waals surface area contributed by atoms with Crippen LogP contribution in [0, 0.1) is 11.3 Å². The number of hydrogen-bond donors (Lipinski definition) is 1. The summed E-state index contributed by atoms with van der Waals surface area (Å²) in [5, 5.41) is 1.38. The molecule has 0 aromatic heterocycles. The molecule has 0 saturated carbocycles. The van der Waals surface area contributed by atoms with Crippen LogP contribution in [0.1, 0.15) is 45.7 Å². The van der Waals surface area contributed by atoms with Gasteiger partial charge in [0.25, 0.3) is 0 Å². The van der Waals surface area contributed by atoms with Crippen molar-refractivity contribution >= 4 is 23.2 Å². The zero-order valence-electron chi connectivity index (χ0n) is 10.9. The molecule has 96 valence electrons. The van der Waals surface area contributed by atoms with Crippen LogP contribution in [-0.2, 0) is 0 Å². The predicted octanol–water partition coefficient (Wildman–Crippen LogP) is 5.07. The lowest BCUT2D eigenvalue weighted by molar-refractivity contribution is 0.234. The zero-order chi connectivity index (χ0) is 13.2. The second-order valence-corrected chi connectivity index (χ2v) is 6.62. The van der Waals surface area contributed by atoms with Crippen molar-refractivity contribution in [3.8, 4) is 0 Å².